The minimum Gasteiger partial charge on any atom is -0.368 e. The van der Waals surface area contributed by atoms with Crippen molar-refractivity contribution in [2.75, 3.05) is 13.1 Å². The lowest BCUT2D eigenvalue weighted by Gasteiger charge is -2.34. The molecule has 0 unspecified atom stereocenters. The Morgan fingerprint density at radius 2 is 1.55 bits per heavy atom. The van der Waals surface area contributed by atoms with Crippen LogP contribution in [-0.4, -0.2) is 29.6 Å². The van der Waals surface area contributed by atoms with Crippen LogP contribution in [0.15, 0.2) is 22.4 Å². The molecule has 1 fully saturated rings. The number of hydrogen-bond acceptors (Lipinski definition) is 3. The summed E-state index contributed by atoms with van der Waals surface area (Å²) < 4.78 is 0. The number of hydrogen-bond donors (Lipinski definition) is 0. The Hall–Kier alpha value is -1.38. The van der Waals surface area contributed by atoms with Crippen LogP contribution in [0.3, 0.4) is 0 Å². The molecule has 0 amide bonds. The zero-order valence-corrected chi connectivity index (χ0v) is 13.1. The predicted octanol–water partition coefficient (Wildman–Crippen LogP) is 3.26. The highest BCUT2D eigenvalue weighted by Gasteiger charge is 2.33. The fourth-order valence-corrected chi connectivity index (χ4v) is 3.14. The second kappa shape index (κ2) is 5.94. The highest BCUT2D eigenvalue weighted by atomic mass is 16.1. The average molecular weight is 275 g/mol. The number of likely N-dealkylation sites (tertiary alicyclic amines) is 1. The van der Waals surface area contributed by atoms with Gasteiger partial charge in [-0.1, -0.05) is 13.8 Å². The van der Waals surface area contributed by atoms with Crippen molar-refractivity contribution in [2.45, 2.75) is 53.4 Å². The van der Waals surface area contributed by atoms with Gasteiger partial charge in [0.1, 0.15) is 0 Å². The van der Waals surface area contributed by atoms with E-state index in [-0.39, 0.29) is 11.6 Å². The maximum Gasteiger partial charge on any atom is 0.205 e. The van der Waals surface area contributed by atoms with Crippen LogP contribution in [0.4, 0.5) is 0 Å². The lowest BCUT2D eigenvalue weighted by molar-refractivity contribution is -0.118. The van der Waals surface area contributed by atoms with Crippen LogP contribution in [-0.2, 0) is 9.59 Å². The van der Waals surface area contributed by atoms with Crippen LogP contribution in [0.5, 0.6) is 0 Å². The lowest BCUT2D eigenvalue weighted by Crippen LogP contribution is -2.37. The molecule has 0 saturated carbocycles. The van der Waals surface area contributed by atoms with Crippen LogP contribution in [0.1, 0.15) is 53.4 Å². The molecule has 0 N–H and O–H groups in total. The zero-order chi connectivity index (χ0) is 14.9. The molecule has 3 heteroatoms. The first-order chi connectivity index (χ1) is 9.43. The largest absolute Gasteiger partial charge is 0.368 e. The average Bonchev–Trinajstić information content (AvgIpc) is 2.43. The molecule has 0 atom stereocenters. The van der Waals surface area contributed by atoms with Crippen molar-refractivity contribution in [3.05, 3.63) is 22.4 Å². The third-order valence-corrected chi connectivity index (χ3v) is 4.26. The quantitative estimate of drug-likeness (QED) is 0.742. The minimum absolute atomic E-state index is 0.0691. The van der Waals surface area contributed by atoms with Crippen molar-refractivity contribution in [1.82, 2.24) is 4.90 Å². The molecule has 0 aromatic rings. The number of nitrogens with zero attached hydrogens (tertiary/aromatic N) is 1. The van der Waals surface area contributed by atoms with E-state index in [9.17, 15) is 9.59 Å². The fraction of sp³-hybridized carbons (Fsp3) is 0.647. The van der Waals surface area contributed by atoms with Crippen molar-refractivity contribution in [2.24, 2.45) is 5.92 Å². The van der Waals surface area contributed by atoms with Gasteiger partial charge in [-0.15, -0.1) is 0 Å². The summed E-state index contributed by atoms with van der Waals surface area (Å²) >= 11 is 0. The Balaban J connectivity index is 2.34. The molecule has 0 radical (unpaired) electrons. The Kier molecular flexibility index (Phi) is 4.46. The lowest BCUT2D eigenvalue weighted by atomic mass is 9.83. The van der Waals surface area contributed by atoms with E-state index in [2.05, 4.69) is 18.7 Å². The van der Waals surface area contributed by atoms with E-state index in [0.29, 0.717) is 29.2 Å². The first kappa shape index (κ1) is 15.0. The minimum atomic E-state index is 0.0691. The van der Waals surface area contributed by atoms with Crippen molar-refractivity contribution in [1.29, 1.82) is 0 Å². The Bertz CT molecular complexity index is 491. The molecule has 2 aliphatic rings. The smallest absolute Gasteiger partial charge is 0.205 e. The number of Topliss-reactive ketones (excluding diaryl/α,β-unsaturated/α-hetero) is 2. The second-order valence-electron chi connectivity index (χ2n) is 6.38. The van der Waals surface area contributed by atoms with Gasteiger partial charge in [0.2, 0.25) is 5.78 Å². The predicted molar refractivity (Wildman–Crippen MR) is 80.3 cm³/mol. The molecule has 1 heterocycles. The van der Waals surface area contributed by atoms with E-state index in [1.54, 1.807) is 0 Å². The van der Waals surface area contributed by atoms with Gasteiger partial charge in [0.25, 0.3) is 0 Å². The molecule has 1 aliphatic heterocycles. The summed E-state index contributed by atoms with van der Waals surface area (Å²) in [5.41, 5.74) is 2.70. The molecular weight excluding hydrogens is 250 g/mol. The van der Waals surface area contributed by atoms with E-state index in [1.807, 2.05) is 13.8 Å². The molecular formula is C17H25NO2. The summed E-state index contributed by atoms with van der Waals surface area (Å²) in [5.74, 6) is 0.539. The molecule has 0 bridgehead atoms. The van der Waals surface area contributed by atoms with Crippen molar-refractivity contribution >= 4 is 11.6 Å². The van der Waals surface area contributed by atoms with E-state index in [0.717, 1.165) is 31.5 Å². The highest BCUT2D eigenvalue weighted by molar-refractivity contribution is 6.24. The van der Waals surface area contributed by atoms with Gasteiger partial charge < -0.3 is 4.90 Å². The summed E-state index contributed by atoms with van der Waals surface area (Å²) in [6.45, 7) is 9.59. The summed E-state index contributed by atoms with van der Waals surface area (Å²) in [6.07, 6.45) is 4.14. The van der Waals surface area contributed by atoms with Gasteiger partial charge in [-0.3, -0.25) is 9.59 Å². The molecule has 0 aromatic heterocycles. The molecule has 1 aliphatic carbocycles. The van der Waals surface area contributed by atoms with Crippen molar-refractivity contribution in [3.63, 3.8) is 0 Å². The van der Waals surface area contributed by atoms with Crippen LogP contribution >= 0.6 is 0 Å². The third kappa shape index (κ3) is 2.72. The van der Waals surface area contributed by atoms with Crippen molar-refractivity contribution in [3.8, 4) is 0 Å². The Morgan fingerprint density at radius 3 is 2.10 bits per heavy atom. The maximum atomic E-state index is 12.7. The number of allylic oxidation sites excluding steroid dienone is 3. The Labute approximate surface area is 121 Å². The topological polar surface area (TPSA) is 37.4 Å². The van der Waals surface area contributed by atoms with Crippen LogP contribution in [0.2, 0.25) is 0 Å². The van der Waals surface area contributed by atoms with Gasteiger partial charge in [0, 0.05) is 29.8 Å². The summed E-state index contributed by atoms with van der Waals surface area (Å²) in [6, 6.07) is 0. The van der Waals surface area contributed by atoms with Gasteiger partial charge in [-0.05, 0) is 45.4 Å². The van der Waals surface area contributed by atoms with E-state index in [1.165, 1.54) is 6.42 Å². The van der Waals surface area contributed by atoms with E-state index < -0.39 is 0 Å². The van der Waals surface area contributed by atoms with E-state index in [4.69, 9.17) is 0 Å². The number of carbonyl (C=O) groups is 2. The normalized spacial score (nSPS) is 21.4. The van der Waals surface area contributed by atoms with Gasteiger partial charge in [0.05, 0.1) is 5.70 Å². The third-order valence-electron chi connectivity index (χ3n) is 4.26. The standard InChI is InChI=1S/C17H25NO2/c1-11(2)10-14-12(3)17(20)15(13(4)16(14)19)18-8-6-5-7-9-18/h11H,5-10H2,1-4H3. The van der Waals surface area contributed by atoms with Gasteiger partial charge in [-0.2, -0.15) is 0 Å². The monoisotopic (exact) mass is 275 g/mol. The van der Waals surface area contributed by atoms with Gasteiger partial charge in [0.15, 0.2) is 5.78 Å². The van der Waals surface area contributed by atoms with Crippen molar-refractivity contribution < 1.29 is 9.59 Å². The van der Waals surface area contributed by atoms with Crippen LogP contribution < -0.4 is 0 Å². The van der Waals surface area contributed by atoms with Gasteiger partial charge in [-0.25, -0.2) is 0 Å². The van der Waals surface area contributed by atoms with E-state index >= 15 is 0 Å². The Morgan fingerprint density at radius 1 is 0.950 bits per heavy atom. The summed E-state index contributed by atoms with van der Waals surface area (Å²) in [4.78, 5) is 27.4. The van der Waals surface area contributed by atoms with Gasteiger partial charge >= 0.3 is 0 Å². The highest BCUT2D eigenvalue weighted by Crippen LogP contribution is 2.31. The summed E-state index contributed by atoms with van der Waals surface area (Å²) in [5, 5.41) is 0. The fourth-order valence-electron chi connectivity index (χ4n) is 3.14. The number of carbonyl (C=O) groups excluding carboxylic acids is 2. The molecule has 2 rings (SSSR count). The molecule has 3 nitrogen and oxygen atoms in total. The first-order valence-corrected chi connectivity index (χ1v) is 7.68. The van der Waals surface area contributed by atoms with Crippen LogP contribution in [0.25, 0.3) is 0 Å². The van der Waals surface area contributed by atoms with Crippen LogP contribution in [0, 0.1) is 5.92 Å². The SMILES string of the molecule is CC1=C(CC(C)C)C(=O)C(C)=C(N2CCCCC2)C1=O. The number of ketones is 2. The molecule has 0 aromatic carbocycles. The molecule has 110 valence electrons. The second-order valence-corrected chi connectivity index (χ2v) is 6.38. The number of piperidine rings is 1. The summed E-state index contributed by atoms with van der Waals surface area (Å²) in [7, 11) is 0. The molecule has 1 saturated heterocycles. The molecule has 0 spiro atoms. The first-order valence-electron chi connectivity index (χ1n) is 7.68. The number of rotatable bonds is 3. The maximum absolute atomic E-state index is 12.7. The zero-order valence-electron chi connectivity index (χ0n) is 13.1. The molecule has 20 heavy (non-hydrogen) atoms.